The summed E-state index contributed by atoms with van der Waals surface area (Å²) in [6.45, 7) is 0. The molecule has 6 nitrogen and oxygen atoms in total. The van der Waals surface area contributed by atoms with E-state index in [2.05, 4.69) is 0 Å². The van der Waals surface area contributed by atoms with E-state index in [0.29, 0.717) is 11.1 Å². The molecule has 9 aromatic carbocycles. The fraction of sp³-hybridized carbons (Fsp3) is 0. The Labute approximate surface area is 396 Å². The van der Waals surface area contributed by atoms with Crippen LogP contribution in [0.3, 0.4) is 0 Å². The molecule has 0 spiro atoms. The van der Waals surface area contributed by atoms with E-state index in [9.17, 15) is 20.6 Å². The highest BCUT2D eigenvalue weighted by atomic mass is 16.3. The molecule has 0 N–H and O–H groups in total. The lowest BCUT2D eigenvalue weighted by atomic mass is 10.0. The summed E-state index contributed by atoms with van der Waals surface area (Å²) in [5.41, 5.74) is -5.70. The van der Waals surface area contributed by atoms with Gasteiger partial charge in [-0.25, -0.2) is 15.0 Å². The van der Waals surface area contributed by atoms with Gasteiger partial charge in [0.15, 0.2) is 17.5 Å². The Balaban J connectivity index is 1.23. The molecule has 4 aromatic heterocycles. The third-order valence-corrected chi connectivity index (χ3v) is 10.5. The monoisotopic (exact) mass is 830 g/mol. The zero-order chi connectivity index (χ0) is 63.2. The highest BCUT2D eigenvalue weighted by molar-refractivity contribution is 6.19. The van der Waals surface area contributed by atoms with Crippen LogP contribution >= 0.6 is 0 Å². The largest absolute Gasteiger partial charge is 0.456 e. The molecular formula is C57H35N5O. The van der Waals surface area contributed by atoms with Crippen molar-refractivity contribution in [3.63, 3.8) is 0 Å². The average Bonchev–Trinajstić information content (AvgIpc) is 1.53. The Morgan fingerprint density at radius 3 is 1.76 bits per heavy atom. The third kappa shape index (κ3) is 5.62. The smallest absolute Gasteiger partial charge is 0.166 e. The zero-order valence-electron chi connectivity index (χ0n) is 56.9. The average molecular weight is 831 g/mol. The zero-order valence-corrected chi connectivity index (χ0v) is 31.9. The molecule has 13 rings (SSSR count). The Morgan fingerprint density at radius 2 is 1.00 bits per heavy atom. The number of benzene rings is 9. The molecule has 6 heteroatoms. The second-order valence-electron chi connectivity index (χ2n) is 14.1. The van der Waals surface area contributed by atoms with Gasteiger partial charge in [0.05, 0.1) is 56.3 Å². The molecule has 4 heterocycles. The van der Waals surface area contributed by atoms with Gasteiger partial charge in [-0.1, -0.05) is 145 Å². The summed E-state index contributed by atoms with van der Waals surface area (Å²) in [6, 6.07) is -4.14. The van der Waals surface area contributed by atoms with Gasteiger partial charge in [-0.15, -0.1) is 0 Å². The van der Waals surface area contributed by atoms with Gasteiger partial charge in [-0.3, -0.25) is 0 Å². The van der Waals surface area contributed by atoms with Gasteiger partial charge >= 0.3 is 0 Å². The standard InChI is InChI=1S/C57H35N5O/c1-5-16-36(17-6-1)39-28-30-50-45(32-39)42-24-13-14-27-49(42)61(50)41-29-31-52-47(33-41)48-34-51-46(35-53(48)63-52)43-25-15-26-44(54(43)62(51)40-22-11-4-12-23-40)57-59-55(37-18-7-2-8-19-37)58-56(60-57)38-20-9-3-10-21-38/h1-35H/i1D,4D,5D,6D,11D,12D,13D,14D,15D,16D,17D,22D,23D,24D,25D,26D,27D,28D,29D,30D,31D,32D,33D,34D,35D. The van der Waals surface area contributed by atoms with Crippen LogP contribution in [0.25, 0.3) is 122 Å². The van der Waals surface area contributed by atoms with Crippen molar-refractivity contribution >= 4 is 65.6 Å². The minimum absolute atomic E-state index is 0.0535. The summed E-state index contributed by atoms with van der Waals surface area (Å²) in [4.78, 5) is 14.3. The van der Waals surface area contributed by atoms with Gasteiger partial charge in [0.2, 0.25) is 0 Å². The number of rotatable bonds is 6. The SMILES string of the molecule is [2H]c1c([2H])c([2H])c(-c2c([2H])c([2H])c3c(c2[2H])c2c([2H])c([2H])c([2H])c([2H])c2n3-c2c([2H])c([2H])c3oc4c([2H])c5c6c([2H])c([2H])c([2H])c(-c7nc(-c8ccccc8)nc(-c8ccccc8)n7)c6n(-c6c([2H])c([2H])c([2H])c([2H])c6[2H])c5c([2H])c4c3c2[2H])c([2H])c1[2H]. The highest BCUT2D eigenvalue weighted by Crippen LogP contribution is 2.43. The molecule has 0 amide bonds. The molecule has 63 heavy (non-hydrogen) atoms. The summed E-state index contributed by atoms with van der Waals surface area (Å²) >= 11 is 0. The minimum atomic E-state index is -0.950. The number of nitrogens with zero attached hydrogens (tertiary/aromatic N) is 5. The van der Waals surface area contributed by atoms with Crippen molar-refractivity contribution in [2.24, 2.45) is 0 Å². The first-order valence-electron chi connectivity index (χ1n) is 31.7. The molecule has 0 bridgehead atoms. The van der Waals surface area contributed by atoms with E-state index in [0.717, 1.165) is 9.13 Å². The van der Waals surface area contributed by atoms with E-state index in [1.165, 1.54) is 0 Å². The van der Waals surface area contributed by atoms with Crippen molar-refractivity contribution in [1.82, 2.24) is 24.1 Å². The second kappa shape index (κ2) is 14.0. The number of hydrogen-bond donors (Lipinski definition) is 0. The maximum Gasteiger partial charge on any atom is 0.166 e. The van der Waals surface area contributed by atoms with Crippen LogP contribution in [0.15, 0.2) is 216 Å². The number of furan rings is 1. The van der Waals surface area contributed by atoms with E-state index in [1.54, 1.807) is 60.7 Å². The van der Waals surface area contributed by atoms with Crippen molar-refractivity contribution in [1.29, 1.82) is 0 Å². The lowest BCUT2D eigenvalue weighted by Gasteiger charge is -2.12. The van der Waals surface area contributed by atoms with Crippen molar-refractivity contribution in [3.8, 4) is 56.7 Å². The van der Waals surface area contributed by atoms with Gasteiger partial charge in [0.1, 0.15) is 11.2 Å². The van der Waals surface area contributed by atoms with Crippen LogP contribution in [-0.4, -0.2) is 24.1 Å². The molecule has 0 saturated carbocycles. The van der Waals surface area contributed by atoms with Crippen LogP contribution in [0.4, 0.5) is 0 Å². The van der Waals surface area contributed by atoms with Crippen LogP contribution < -0.4 is 0 Å². The molecule has 0 unspecified atom stereocenters. The van der Waals surface area contributed by atoms with Crippen molar-refractivity contribution in [3.05, 3.63) is 212 Å². The van der Waals surface area contributed by atoms with E-state index >= 15 is 0 Å². The van der Waals surface area contributed by atoms with Crippen LogP contribution in [0, 0.1) is 0 Å². The predicted molar refractivity (Wildman–Crippen MR) is 258 cm³/mol. The van der Waals surface area contributed by atoms with Gasteiger partial charge in [-0.05, 0) is 77.6 Å². The molecule has 0 aliphatic heterocycles. The van der Waals surface area contributed by atoms with Gasteiger partial charge in [0.25, 0.3) is 0 Å². The summed E-state index contributed by atoms with van der Waals surface area (Å²) in [6.07, 6.45) is 0. The van der Waals surface area contributed by atoms with Gasteiger partial charge < -0.3 is 13.6 Å². The molecule has 0 radical (unpaired) electrons. The van der Waals surface area contributed by atoms with Gasteiger partial charge in [-0.2, -0.15) is 0 Å². The molecule has 0 fully saturated rings. The lowest BCUT2D eigenvalue weighted by Crippen LogP contribution is -2.02. The minimum Gasteiger partial charge on any atom is -0.456 e. The van der Waals surface area contributed by atoms with Crippen LogP contribution in [-0.2, 0) is 0 Å². The molecule has 0 aliphatic rings. The Kier molecular flexibility index (Phi) is 4.12. The Hall–Kier alpha value is -8.61. The summed E-state index contributed by atoms with van der Waals surface area (Å²) in [5, 5.41) is -2.99. The first-order valence-corrected chi connectivity index (χ1v) is 19.2. The topological polar surface area (TPSA) is 61.7 Å². The molecule has 294 valence electrons. The number of para-hydroxylation sites is 3. The molecule has 13 aromatic rings. The van der Waals surface area contributed by atoms with E-state index in [-0.39, 0.29) is 23.0 Å². The Morgan fingerprint density at radius 1 is 0.365 bits per heavy atom. The third-order valence-electron chi connectivity index (χ3n) is 10.5. The van der Waals surface area contributed by atoms with Crippen molar-refractivity contribution in [2.75, 3.05) is 0 Å². The molecule has 0 aliphatic carbocycles. The van der Waals surface area contributed by atoms with Crippen molar-refractivity contribution in [2.45, 2.75) is 0 Å². The first-order chi connectivity index (χ1) is 41.7. The fourth-order valence-corrected chi connectivity index (χ4v) is 7.74. The maximum atomic E-state index is 10.3. The quantitative estimate of drug-likeness (QED) is 0.167. The van der Waals surface area contributed by atoms with E-state index < -0.39 is 239 Å². The number of hydrogen-bond acceptors (Lipinski definition) is 4. The van der Waals surface area contributed by atoms with Gasteiger partial charge in [0, 0.05) is 60.4 Å². The normalized spacial score (nSPS) is 17.4. The second-order valence-corrected chi connectivity index (χ2v) is 14.1. The van der Waals surface area contributed by atoms with Crippen LogP contribution in [0.5, 0.6) is 0 Å². The van der Waals surface area contributed by atoms with E-state index in [4.69, 9.17) is 33.1 Å². The summed E-state index contributed by atoms with van der Waals surface area (Å²) in [7, 11) is 0. The summed E-state index contributed by atoms with van der Waals surface area (Å²) in [5.74, 6) is -0.222. The maximum absolute atomic E-state index is 10.3. The van der Waals surface area contributed by atoms with Crippen LogP contribution in [0.1, 0.15) is 34.3 Å². The number of aromatic nitrogens is 5. The van der Waals surface area contributed by atoms with Crippen molar-refractivity contribution < 1.29 is 38.7 Å². The molecule has 0 atom stereocenters. The predicted octanol–water partition coefficient (Wildman–Crippen LogP) is 14.6. The highest BCUT2D eigenvalue weighted by Gasteiger charge is 2.22. The first kappa shape index (κ1) is 18.6. The van der Waals surface area contributed by atoms with E-state index in [1.807, 2.05) is 0 Å². The summed E-state index contributed by atoms with van der Waals surface area (Å²) < 4.78 is 239. The Bertz CT molecular complexity index is 5280. The van der Waals surface area contributed by atoms with Crippen LogP contribution in [0.2, 0.25) is 0 Å². The lowest BCUT2D eigenvalue weighted by molar-refractivity contribution is 0.669. The molecular weight excluding hydrogens is 771 g/mol. The fourth-order valence-electron chi connectivity index (χ4n) is 7.74. The number of fused-ring (bicyclic) bond motifs is 9. The molecule has 0 saturated heterocycles.